The van der Waals surface area contributed by atoms with Crippen LogP contribution in [0.25, 0.3) is 0 Å². The number of aryl methyl sites for hydroxylation is 1. The van der Waals surface area contributed by atoms with Gasteiger partial charge in [0.25, 0.3) is 5.91 Å². The molecule has 2 rings (SSSR count). The van der Waals surface area contributed by atoms with Crippen LogP contribution in [0.15, 0.2) is 64.4 Å². The van der Waals surface area contributed by atoms with Crippen molar-refractivity contribution >= 4 is 41.8 Å². The van der Waals surface area contributed by atoms with E-state index in [4.69, 9.17) is 12.6 Å². The molecule has 0 atom stereocenters. The maximum atomic E-state index is 12.2. The van der Waals surface area contributed by atoms with Crippen LogP contribution >= 0.6 is 11.8 Å². The molecule has 7 heteroatoms. The fraction of sp³-hybridized carbons (Fsp3) is 0.105. The summed E-state index contributed by atoms with van der Waals surface area (Å²) in [7, 11) is 0. The minimum Gasteiger partial charge on any atom is -0.772 e. The van der Waals surface area contributed by atoms with Crippen LogP contribution in [-0.4, -0.2) is 17.4 Å². The molecule has 0 spiro atoms. The topological polar surface area (TPSA) is 70.0 Å². The molecule has 4 nitrogen and oxygen atoms in total. The Bertz CT molecular complexity index is 844. The predicted octanol–water partition coefficient (Wildman–Crippen LogP) is 0.836. The maximum Gasteiger partial charge on any atom is 1.00 e. The molecule has 0 aliphatic carbocycles. The number of ketones is 1. The second kappa shape index (κ2) is 11.2. The molecule has 0 saturated carbocycles. The number of nitriles is 1. The summed E-state index contributed by atoms with van der Waals surface area (Å²) in [5, 5.41) is 11.9. The van der Waals surface area contributed by atoms with Gasteiger partial charge in [0, 0.05) is 11.3 Å². The SMILES string of the molecule is Cc1ccc(NC(=O)/C(C#N)=C(\[S-])SCC(=O)c2ccccc2)cc1.[Na+]. The normalized spacial score (nSPS) is 10.8. The molecule has 2 aromatic carbocycles. The van der Waals surface area contributed by atoms with Crippen LogP contribution in [0.3, 0.4) is 0 Å². The van der Waals surface area contributed by atoms with E-state index in [2.05, 4.69) is 5.32 Å². The Labute approximate surface area is 184 Å². The standard InChI is InChI=1S/C19H16N2O2S2.Na/c1-13-7-9-15(10-8-13)21-18(23)16(11-20)19(24)25-12-17(22)14-5-3-2-4-6-14;/h2-10,24H,12H2,1H3,(H,21,23);/q;+1/p-1/b19-16+;. The summed E-state index contributed by atoms with van der Waals surface area (Å²) in [6.45, 7) is 1.94. The first-order valence-corrected chi connectivity index (χ1v) is 8.81. The summed E-state index contributed by atoms with van der Waals surface area (Å²) in [6, 6.07) is 17.8. The molecular formula is C19H15N2NaO2S2. The van der Waals surface area contributed by atoms with Crippen molar-refractivity contribution in [1.82, 2.24) is 0 Å². The van der Waals surface area contributed by atoms with E-state index in [1.165, 1.54) is 0 Å². The zero-order valence-corrected chi connectivity index (χ0v) is 18.1. The van der Waals surface area contributed by atoms with Gasteiger partial charge in [-0.1, -0.05) is 48.0 Å². The monoisotopic (exact) mass is 390 g/mol. The van der Waals surface area contributed by atoms with Gasteiger partial charge in [0.2, 0.25) is 0 Å². The Morgan fingerprint density at radius 2 is 1.73 bits per heavy atom. The van der Waals surface area contributed by atoms with Crippen molar-refractivity contribution in [2.24, 2.45) is 0 Å². The van der Waals surface area contributed by atoms with Crippen molar-refractivity contribution in [2.45, 2.75) is 6.92 Å². The molecule has 0 fully saturated rings. The molecule has 0 radical (unpaired) electrons. The molecule has 126 valence electrons. The van der Waals surface area contributed by atoms with E-state index < -0.39 is 5.91 Å². The number of amides is 1. The van der Waals surface area contributed by atoms with E-state index >= 15 is 0 Å². The molecule has 0 bridgehead atoms. The number of thioether (sulfide) groups is 1. The van der Waals surface area contributed by atoms with Gasteiger partial charge in [0.05, 0.1) is 5.75 Å². The molecule has 26 heavy (non-hydrogen) atoms. The van der Waals surface area contributed by atoms with Crippen molar-refractivity contribution in [1.29, 1.82) is 5.26 Å². The first-order chi connectivity index (χ1) is 12.0. The number of anilines is 1. The zero-order chi connectivity index (χ0) is 18.2. The average molecular weight is 390 g/mol. The third kappa shape index (κ3) is 6.60. The Morgan fingerprint density at radius 3 is 2.31 bits per heavy atom. The Hall–Kier alpha value is -1.62. The molecule has 0 aliphatic rings. The first kappa shape index (κ1) is 22.4. The fourth-order valence-electron chi connectivity index (χ4n) is 1.93. The van der Waals surface area contributed by atoms with Crippen molar-refractivity contribution in [2.75, 3.05) is 11.1 Å². The van der Waals surface area contributed by atoms with Crippen LogP contribution in [0.4, 0.5) is 5.69 Å². The number of hydrogen-bond acceptors (Lipinski definition) is 5. The molecule has 0 aliphatic heterocycles. The second-order valence-corrected chi connectivity index (χ2v) is 6.82. The van der Waals surface area contributed by atoms with Crippen LogP contribution in [0.5, 0.6) is 0 Å². The summed E-state index contributed by atoms with van der Waals surface area (Å²) in [6.07, 6.45) is 0. The van der Waals surface area contributed by atoms with Crippen LogP contribution in [0.1, 0.15) is 15.9 Å². The summed E-state index contributed by atoms with van der Waals surface area (Å²) >= 11 is 6.16. The number of nitrogens with one attached hydrogen (secondary N) is 1. The third-order valence-electron chi connectivity index (χ3n) is 3.28. The van der Waals surface area contributed by atoms with E-state index in [1.807, 2.05) is 31.2 Å². The van der Waals surface area contributed by atoms with E-state index in [0.717, 1.165) is 17.3 Å². The van der Waals surface area contributed by atoms with Crippen molar-refractivity contribution in [3.63, 3.8) is 0 Å². The molecular weight excluding hydrogens is 375 g/mol. The number of hydrogen-bond donors (Lipinski definition) is 1. The summed E-state index contributed by atoms with van der Waals surface area (Å²) in [4.78, 5) is 24.3. The number of benzene rings is 2. The smallest absolute Gasteiger partial charge is 0.772 e. The largest absolute Gasteiger partial charge is 1.00 e. The molecule has 0 aromatic heterocycles. The van der Waals surface area contributed by atoms with Gasteiger partial charge in [-0.15, -0.1) is 16.0 Å². The quantitative estimate of drug-likeness (QED) is 0.260. The Kier molecular flexibility index (Phi) is 9.63. The van der Waals surface area contributed by atoms with Gasteiger partial charge >= 0.3 is 29.6 Å². The van der Waals surface area contributed by atoms with Crippen molar-refractivity contribution < 1.29 is 39.1 Å². The van der Waals surface area contributed by atoms with E-state index in [9.17, 15) is 14.9 Å². The predicted molar refractivity (Wildman–Crippen MR) is 103 cm³/mol. The van der Waals surface area contributed by atoms with E-state index in [1.54, 1.807) is 36.4 Å². The van der Waals surface area contributed by atoms with Crippen molar-refractivity contribution in [3.05, 3.63) is 75.5 Å². The van der Waals surface area contributed by atoms with Gasteiger partial charge < -0.3 is 17.9 Å². The summed E-state index contributed by atoms with van der Waals surface area (Å²) < 4.78 is 0.108. The van der Waals surface area contributed by atoms with Crippen LogP contribution in [-0.2, 0) is 17.4 Å². The summed E-state index contributed by atoms with van der Waals surface area (Å²) in [5.74, 6) is -0.605. The minimum absolute atomic E-state index is 0. The van der Waals surface area contributed by atoms with Gasteiger partial charge in [-0.05, 0) is 19.1 Å². The number of rotatable bonds is 6. The van der Waals surface area contributed by atoms with Crippen LogP contribution in [0.2, 0.25) is 0 Å². The molecule has 1 amide bonds. The maximum absolute atomic E-state index is 12.2. The molecule has 0 heterocycles. The van der Waals surface area contributed by atoms with Gasteiger partial charge in [-0.2, -0.15) is 5.26 Å². The molecule has 1 N–H and O–H groups in total. The molecule has 0 saturated heterocycles. The van der Waals surface area contributed by atoms with Gasteiger partial charge in [0.1, 0.15) is 11.6 Å². The number of carbonyl (C=O) groups excluding carboxylic acids is 2. The molecule has 0 unspecified atom stereocenters. The summed E-state index contributed by atoms with van der Waals surface area (Å²) in [5.41, 5.74) is 2.05. The van der Waals surface area contributed by atoms with E-state index in [-0.39, 0.29) is 50.9 Å². The van der Waals surface area contributed by atoms with Crippen LogP contribution in [0, 0.1) is 18.3 Å². The van der Waals surface area contributed by atoms with Gasteiger partial charge in [-0.25, -0.2) is 0 Å². The zero-order valence-electron chi connectivity index (χ0n) is 14.5. The van der Waals surface area contributed by atoms with Gasteiger partial charge in [0.15, 0.2) is 5.78 Å². The number of Topliss-reactive ketones (excluding diaryl/α,β-unsaturated/α-hetero) is 1. The number of nitrogens with zero attached hydrogens (tertiary/aromatic N) is 1. The van der Waals surface area contributed by atoms with Gasteiger partial charge in [-0.3, -0.25) is 9.59 Å². The second-order valence-electron chi connectivity index (χ2n) is 5.17. The average Bonchev–Trinajstić information content (AvgIpc) is 2.63. The van der Waals surface area contributed by atoms with Crippen LogP contribution < -0.4 is 34.9 Å². The fourth-order valence-corrected chi connectivity index (χ4v) is 2.96. The molecule has 2 aromatic rings. The Morgan fingerprint density at radius 1 is 1.12 bits per heavy atom. The minimum atomic E-state index is -0.573. The van der Waals surface area contributed by atoms with E-state index in [0.29, 0.717) is 11.3 Å². The number of carbonyl (C=O) groups is 2. The third-order valence-corrected chi connectivity index (χ3v) is 4.71. The first-order valence-electron chi connectivity index (χ1n) is 7.41. The van der Waals surface area contributed by atoms with Crippen molar-refractivity contribution in [3.8, 4) is 6.07 Å². The Balaban J connectivity index is 0.00000338.